The summed E-state index contributed by atoms with van der Waals surface area (Å²) in [5.74, 6) is -0.182. The van der Waals surface area contributed by atoms with Crippen molar-refractivity contribution in [2.75, 3.05) is 10.7 Å². The molecule has 0 aliphatic rings. The van der Waals surface area contributed by atoms with E-state index in [1.165, 1.54) is 30.2 Å². The van der Waals surface area contributed by atoms with E-state index in [4.69, 9.17) is 5.73 Å². The molecule has 24 heavy (non-hydrogen) atoms. The van der Waals surface area contributed by atoms with Gasteiger partial charge in [0.2, 0.25) is 5.91 Å². The second-order valence-electron chi connectivity index (χ2n) is 5.43. The number of aromatic nitrogens is 1. The molecule has 1 amide bonds. The number of unbranched alkanes of at least 4 members (excludes halogenated alkanes) is 4. The fourth-order valence-corrected chi connectivity index (χ4v) is 2.70. The zero-order valence-electron chi connectivity index (χ0n) is 14.6. The molecule has 0 fully saturated rings. The number of para-hydroxylation sites is 1. The predicted molar refractivity (Wildman–Crippen MR) is 113 cm³/mol. The third-order valence-corrected chi connectivity index (χ3v) is 4.38. The van der Waals surface area contributed by atoms with Crippen LogP contribution in [0.2, 0.25) is 0 Å². The summed E-state index contributed by atoms with van der Waals surface area (Å²) in [6.07, 6.45) is 9.67. The number of hydrogen-bond acceptors (Lipinski definition) is 1. The Morgan fingerprint density at radius 2 is 1.67 bits per heavy atom. The van der Waals surface area contributed by atoms with Crippen LogP contribution in [0.5, 0.6) is 0 Å². The van der Waals surface area contributed by atoms with E-state index >= 15 is 0 Å². The minimum Gasteiger partial charge on any atom is -0.370 e. The normalized spacial score (nSPS) is 9.62. The fraction of sp³-hybridized carbons (Fsp3) is 0.526. The molecule has 0 unspecified atom stereocenters. The van der Waals surface area contributed by atoms with Crippen molar-refractivity contribution < 1.29 is 4.79 Å². The lowest BCUT2D eigenvalue weighted by molar-refractivity contribution is -0.118. The van der Waals surface area contributed by atoms with Crippen LogP contribution in [0.4, 0.5) is 0 Å². The summed E-state index contributed by atoms with van der Waals surface area (Å²) in [6, 6.07) is 10.3. The number of fused-ring (bicyclic) bond motifs is 1. The Morgan fingerprint density at radius 1 is 1.00 bits per heavy atom. The molecule has 0 spiro atoms. The monoisotopic (exact) mass is 460 g/mol. The SMILES string of the molecule is BrCCCCCBr.CCCCCC(N)=O.c1ccc2[nH]ccc2c1. The minimum atomic E-state index is -0.182. The molecule has 136 valence electrons. The maximum Gasteiger partial charge on any atom is 0.217 e. The highest BCUT2D eigenvalue weighted by Crippen LogP contribution is 2.09. The van der Waals surface area contributed by atoms with Gasteiger partial charge in [-0.05, 0) is 36.8 Å². The number of nitrogens with one attached hydrogen (secondary N) is 1. The number of carbonyl (C=O) groups excluding carboxylic acids is 1. The summed E-state index contributed by atoms with van der Waals surface area (Å²) >= 11 is 6.73. The molecule has 1 aromatic carbocycles. The fourth-order valence-electron chi connectivity index (χ4n) is 1.91. The van der Waals surface area contributed by atoms with Gasteiger partial charge in [-0.2, -0.15) is 0 Å². The van der Waals surface area contributed by atoms with E-state index < -0.39 is 0 Å². The maximum atomic E-state index is 10.1. The van der Waals surface area contributed by atoms with Crippen LogP contribution in [0.25, 0.3) is 10.9 Å². The smallest absolute Gasteiger partial charge is 0.217 e. The number of nitrogens with two attached hydrogens (primary N) is 1. The minimum absolute atomic E-state index is 0.182. The lowest BCUT2D eigenvalue weighted by atomic mass is 10.2. The molecule has 0 aliphatic heterocycles. The molecule has 0 atom stereocenters. The third-order valence-electron chi connectivity index (χ3n) is 3.26. The molecule has 0 aliphatic carbocycles. The van der Waals surface area contributed by atoms with Crippen LogP contribution in [-0.4, -0.2) is 21.6 Å². The number of carbonyl (C=O) groups is 1. The van der Waals surface area contributed by atoms with Crippen LogP contribution in [0.15, 0.2) is 36.5 Å². The number of benzene rings is 1. The Balaban J connectivity index is 0.000000335. The lowest BCUT2D eigenvalue weighted by Crippen LogP contribution is -2.09. The Hall–Kier alpha value is -0.810. The molecule has 5 heteroatoms. The van der Waals surface area contributed by atoms with Crippen LogP contribution in [0.1, 0.15) is 51.9 Å². The summed E-state index contributed by atoms with van der Waals surface area (Å²) in [4.78, 5) is 13.2. The quantitative estimate of drug-likeness (QED) is 0.358. The van der Waals surface area contributed by atoms with E-state index in [9.17, 15) is 4.79 Å². The van der Waals surface area contributed by atoms with Crippen molar-refractivity contribution in [3.8, 4) is 0 Å². The molecule has 2 aromatic rings. The highest BCUT2D eigenvalue weighted by atomic mass is 79.9. The van der Waals surface area contributed by atoms with Gasteiger partial charge in [-0.15, -0.1) is 0 Å². The molecular weight excluding hydrogens is 432 g/mol. The van der Waals surface area contributed by atoms with Crippen LogP contribution in [0, 0.1) is 0 Å². The number of H-pyrrole nitrogens is 1. The molecule has 0 saturated carbocycles. The zero-order chi connectivity index (χ0) is 18.0. The maximum absolute atomic E-state index is 10.1. The van der Waals surface area contributed by atoms with Crippen LogP contribution in [0.3, 0.4) is 0 Å². The van der Waals surface area contributed by atoms with Gasteiger partial charge >= 0.3 is 0 Å². The van der Waals surface area contributed by atoms with Gasteiger partial charge in [-0.3, -0.25) is 4.79 Å². The van der Waals surface area contributed by atoms with E-state index in [1.807, 2.05) is 18.3 Å². The number of rotatable bonds is 8. The number of primary amides is 1. The molecule has 0 saturated heterocycles. The molecule has 1 aromatic heterocycles. The largest absolute Gasteiger partial charge is 0.370 e. The summed E-state index contributed by atoms with van der Waals surface area (Å²) in [6.45, 7) is 2.10. The third kappa shape index (κ3) is 13.6. The van der Waals surface area contributed by atoms with Crippen molar-refractivity contribution >= 4 is 48.7 Å². The number of aromatic amines is 1. The number of amides is 1. The second kappa shape index (κ2) is 17.0. The average molecular weight is 462 g/mol. The topological polar surface area (TPSA) is 58.9 Å². The van der Waals surface area contributed by atoms with Crippen LogP contribution >= 0.6 is 31.9 Å². The molecule has 3 N–H and O–H groups in total. The number of alkyl halides is 2. The van der Waals surface area contributed by atoms with Crippen molar-refractivity contribution in [2.45, 2.75) is 51.9 Å². The van der Waals surface area contributed by atoms with E-state index in [0.29, 0.717) is 6.42 Å². The Morgan fingerprint density at radius 3 is 2.21 bits per heavy atom. The summed E-state index contributed by atoms with van der Waals surface area (Å²) in [5, 5.41) is 3.58. The van der Waals surface area contributed by atoms with Crippen molar-refractivity contribution in [3.05, 3.63) is 36.5 Å². The van der Waals surface area contributed by atoms with Crippen LogP contribution in [-0.2, 0) is 4.79 Å². The van der Waals surface area contributed by atoms with Gasteiger partial charge in [0.15, 0.2) is 0 Å². The highest BCUT2D eigenvalue weighted by molar-refractivity contribution is 9.09. The first kappa shape index (κ1) is 23.2. The standard InChI is InChI=1S/C8H7N.C6H13NO.C5H10Br2/c1-2-4-8-7(3-1)5-6-9-8;1-2-3-4-5-6(7)8;6-4-2-1-3-5-7/h1-6,9H;2-5H2,1H3,(H2,7,8);1-5H2. The van der Waals surface area contributed by atoms with Crippen molar-refractivity contribution in [2.24, 2.45) is 5.73 Å². The molecule has 3 nitrogen and oxygen atoms in total. The molecule has 2 rings (SSSR count). The van der Waals surface area contributed by atoms with Gasteiger partial charge in [0, 0.05) is 28.8 Å². The van der Waals surface area contributed by atoms with Gasteiger partial charge in [0.05, 0.1) is 0 Å². The first-order chi connectivity index (χ1) is 11.7. The Kier molecular flexibility index (Phi) is 16.5. The Bertz CT molecular complexity index is 495. The summed E-state index contributed by atoms with van der Waals surface area (Å²) < 4.78 is 0. The van der Waals surface area contributed by atoms with Crippen LogP contribution < -0.4 is 5.73 Å². The van der Waals surface area contributed by atoms with Crippen molar-refractivity contribution in [1.82, 2.24) is 4.98 Å². The molecule has 1 heterocycles. The predicted octanol–water partition coefficient (Wildman–Crippen LogP) is 6.17. The summed E-state index contributed by atoms with van der Waals surface area (Å²) in [7, 11) is 0. The number of halogens is 2. The Labute approximate surface area is 163 Å². The van der Waals surface area contributed by atoms with E-state index in [-0.39, 0.29) is 5.91 Å². The summed E-state index contributed by atoms with van der Waals surface area (Å²) in [5.41, 5.74) is 6.10. The van der Waals surface area contributed by atoms with Gasteiger partial charge in [0.25, 0.3) is 0 Å². The zero-order valence-corrected chi connectivity index (χ0v) is 17.7. The lowest BCUT2D eigenvalue weighted by Gasteiger charge is -1.90. The van der Waals surface area contributed by atoms with Gasteiger partial charge in [0.1, 0.15) is 0 Å². The highest BCUT2D eigenvalue weighted by Gasteiger charge is 1.90. The van der Waals surface area contributed by atoms with Crippen molar-refractivity contribution in [1.29, 1.82) is 0 Å². The van der Waals surface area contributed by atoms with E-state index in [1.54, 1.807) is 0 Å². The number of hydrogen-bond donors (Lipinski definition) is 2. The molecule has 0 bridgehead atoms. The second-order valence-corrected chi connectivity index (χ2v) is 7.01. The van der Waals surface area contributed by atoms with E-state index in [0.717, 1.165) is 29.9 Å². The van der Waals surface area contributed by atoms with Gasteiger partial charge < -0.3 is 10.7 Å². The average Bonchev–Trinajstić information content (AvgIpc) is 3.05. The van der Waals surface area contributed by atoms with Gasteiger partial charge in [-0.1, -0.05) is 76.2 Å². The van der Waals surface area contributed by atoms with E-state index in [2.05, 4.69) is 62.0 Å². The first-order valence-corrected chi connectivity index (χ1v) is 10.8. The molecular formula is C19H30Br2N2O. The molecule has 0 radical (unpaired) electrons. The van der Waals surface area contributed by atoms with Crippen molar-refractivity contribution in [3.63, 3.8) is 0 Å². The van der Waals surface area contributed by atoms with Gasteiger partial charge in [-0.25, -0.2) is 0 Å². The first-order valence-electron chi connectivity index (χ1n) is 8.58.